The molecule has 0 unspecified atom stereocenters. The molecule has 0 bridgehead atoms. The van der Waals surface area contributed by atoms with Crippen molar-refractivity contribution in [3.8, 4) is 0 Å². The van der Waals surface area contributed by atoms with Crippen LogP contribution >= 0.6 is 0 Å². The number of ether oxygens (including phenoxy) is 1. The Kier molecular flexibility index (Phi) is 11.9. The number of likely N-dealkylation sites (N-methyl/N-ethyl adjacent to an activating group) is 1. The second-order valence-electron chi connectivity index (χ2n) is 4.23. The summed E-state index contributed by atoms with van der Waals surface area (Å²) < 4.78 is 4.58. The summed E-state index contributed by atoms with van der Waals surface area (Å²) in [7, 11) is 3.24. The van der Waals surface area contributed by atoms with Crippen molar-refractivity contribution < 1.29 is 39.9 Å². The van der Waals surface area contributed by atoms with Gasteiger partial charge in [-0.2, -0.15) is 0 Å². The molecule has 4 atom stereocenters. The number of aliphatic carboxylic acids is 1. The molecule has 0 amide bonds. The van der Waals surface area contributed by atoms with E-state index in [0.717, 1.165) is 0 Å². The Morgan fingerprint density at radius 3 is 2.05 bits per heavy atom. The smallest absolute Gasteiger partial charge is 0.547 e. The van der Waals surface area contributed by atoms with Crippen LogP contribution in [0.15, 0.2) is 0 Å². The third-order valence-electron chi connectivity index (χ3n) is 2.17. The normalized spacial score (nSPS) is 16.8. The van der Waals surface area contributed by atoms with E-state index in [1.165, 1.54) is 4.90 Å². The average Bonchev–Trinajstić information content (AvgIpc) is 2.32. The molecule has 9 nitrogen and oxygen atoms in total. The first-order valence-electron chi connectivity index (χ1n) is 5.40. The van der Waals surface area contributed by atoms with Gasteiger partial charge in [-0.15, -0.1) is 0 Å². The van der Waals surface area contributed by atoms with Gasteiger partial charge in [0.25, 0.3) is 0 Å². The number of carbonyl (C=O) groups excluding carboxylic acids is 2. The SMILES string of the molecule is CN(C)CC(=O)OC[C@@H](O)[C@@H](O)[C@H](O)[C@@H](O)C(=O)[O-].[Ca+2]. The fraction of sp³-hybridized carbons (Fsp3) is 0.800. The third-order valence-corrected chi connectivity index (χ3v) is 2.17. The summed E-state index contributed by atoms with van der Waals surface area (Å²) in [5, 5.41) is 47.1. The molecule has 0 aliphatic carbocycles. The number of hydrogen-bond donors (Lipinski definition) is 4. The maximum absolute atomic E-state index is 11.1. The number of esters is 1. The minimum absolute atomic E-state index is 0. The molecule has 4 N–H and O–H groups in total. The van der Waals surface area contributed by atoms with Crippen LogP contribution in [-0.4, -0.2) is 127 Å². The number of rotatable bonds is 8. The van der Waals surface area contributed by atoms with Gasteiger partial charge in [0.05, 0.1) is 12.5 Å². The van der Waals surface area contributed by atoms with Crippen LogP contribution < -0.4 is 5.11 Å². The van der Waals surface area contributed by atoms with Crippen LogP contribution in [0.4, 0.5) is 0 Å². The van der Waals surface area contributed by atoms with E-state index in [1.807, 2.05) is 0 Å². The Hall–Kier alpha value is -0.000260. The van der Waals surface area contributed by atoms with Gasteiger partial charge in [-0.3, -0.25) is 9.69 Å². The summed E-state index contributed by atoms with van der Waals surface area (Å²) in [5.74, 6) is -2.67. The van der Waals surface area contributed by atoms with Gasteiger partial charge >= 0.3 is 43.7 Å². The van der Waals surface area contributed by atoms with Crippen LogP contribution in [0.2, 0.25) is 0 Å². The predicted octanol–water partition coefficient (Wildman–Crippen LogP) is -5.10. The largest absolute Gasteiger partial charge is 2.00 e. The van der Waals surface area contributed by atoms with Gasteiger partial charge in [0.2, 0.25) is 0 Å². The standard InChI is InChI=1S/C10H19NO8.Ca/c1-11(2)3-6(13)19-4-5(12)7(14)8(15)9(16)10(17)18;/h5,7-9,12,14-16H,3-4H2,1-2H3,(H,17,18);/q;+2/p-1/t5-,7-,8+,9-;/m1./s1. The van der Waals surface area contributed by atoms with E-state index in [2.05, 4.69) is 4.74 Å². The van der Waals surface area contributed by atoms with Crippen LogP contribution in [0, 0.1) is 0 Å². The molecule has 0 saturated heterocycles. The van der Waals surface area contributed by atoms with Crippen LogP contribution in [0.1, 0.15) is 0 Å². The number of aliphatic hydroxyl groups excluding tert-OH is 4. The summed E-state index contributed by atoms with van der Waals surface area (Å²) in [5.41, 5.74) is 0. The molecule has 0 fully saturated rings. The van der Waals surface area contributed by atoms with Gasteiger partial charge in [-0.05, 0) is 14.1 Å². The number of nitrogens with zero attached hydrogens (tertiary/aromatic N) is 1. The second-order valence-corrected chi connectivity index (χ2v) is 4.23. The Morgan fingerprint density at radius 2 is 1.65 bits per heavy atom. The molecule has 0 saturated carbocycles. The topological polar surface area (TPSA) is 151 Å². The molecule has 0 spiro atoms. The van der Waals surface area contributed by atoms with E-state index in [-0.39, 0.29) is 44.3 Å². The minimum atomic E-state index is -2.36. The van der Waals surface area contributed by atoms with Crippen molar-refractivity contribution in [2.24, 2.45) is 0 Å². The Morgan fingerprint density at radius 1 is 1.15 bits per heavy atom. The quantitative estimate of drug-likeness (QED) is 0.254. The van der Waals surface area contributed by atoms with Crippen molar-refractivity contribution >= 4 is 49.7 Å². The molecule has 0 radical (unpaired) electrons. The molecule has 20 heavy (non-hydrogen) atoms. The summed E-state index contributed by atoms with van der Waals surface area (Å²) in [6.07, 6.45) is -8.26. The molecular formula is C10H18CaNO8+. The van der Waals surface area contributed by atoms with Gasteiger partial charge in [0.1, 0.15) is 31.0 Å². The maximum Gasteiger partial charge on any atom is 2.00 e. The Balaban J connectivity index is 0. The Labute approximate surface area is 145 Å². The first-order valence-corrected chi connectivity index (χ1v) is 5.40. The zero-order valence-electron chi connectivity index (χ0n) is 11.3. The first-order chi connectivity index (χ1) is 8.66. The van der Waals surface area contributed by atoms with Crippen molar-refractivity contribution in [1.29, 1.82) is 0 Å². The van der Waals surface area contributed by atoms with Gasteiger partial charge < -0.3 is 35.1 Å². The number of hydrogen-bond acceptors (Lipinski definition) is 9. The van der Waals surface area contributed by atoms with E-state index >= 15 is 0 Å². The van der Waals surface area contributed by atoms with Crippen molar-refractivity contribution in [3.05, 3.63) is 0 Å². The molecular weight excluding hydrogens is 302 g/mol. The molecule has 0 aromatic carbocycles. The van der Waals surface area contributed by atoms with Crippen LogP contribution in [0.3, 0.4) is 0 Å². The molecule has 0 heterocycles. The first kappa shape index (κ1) is 22.3. The van der Waals surface area contributed by atoms with Crippen molar-refractivity contribution in [3.63, 3.8) is 0 Å². The van der Waals surface area contributed by atoms with E-state index in [9.17, 15) is 30.0 Å². The molecule has 0 aromatic heterocycles. The molecule has 10 heteroatoms. The monoisotopic (exact) mass is 320 g/mol. The van der Waals surface area contributed by atoms with E-state index in [1.54, 1.807) is 14.1 Å². The predicted molar refractivity (Wildman–Crippen MR) is 64.3 cm³/mol. The minimum Gasteiger partial charge on any atom is -0.547 e. The fourth-order valence-corrected chi connectivity index (χ4v) is 1.13. The van der Waals surface area contributed by atoms with Crippen molar-refractivity contribution in [2.75, 3.05) is 27.2 Å². The second kappa shape index (κ2) is 10.7. The summed E-state index contributed by atoms with van der Waals surface area (Å²) in [6.45, 7) is -0.697. The molecule has 112 valence electrons. The Bertz CT molecular complexity index is 314. The average molecular weight is 320 g/mol. The zero-order valence-corrected chi connectivity index (χ0v) is 13.5. The maximum atomic E-state index is 11.1. The van der Waals surface area contributed by atoms with Crippen LogP contribution in [0.25, 0.3) is 0 Å². The molecule has 0 rings (SSSR count). The number of aliphatic hydroxyl groups is 4. The summed E-state index contributed by atoms with van der Waals surface area (Å²) in [4.78, 5) is 22.9. The molecule has 0 aliphatic heterocycles. The summed E-state index contributed by atoms with van der Waals surface area (Å²) >= 11 is 0. The summed E-state index contributed by atoms with van der Waals surface area (Å²) in [6, 6.07) is 0. The number of carboxylic acid groups (broad SMARTS) is 1. The van der Waals surface area contributed by atoms with Crippen molar-refractivity contribution in [2.45, 2.75) is 24.4 Å². The molecule has 0 aromatic rings. The van der Waals surface area contributed by atoms with Crippen LogP contribution in [0.5, 0.6) is 0 Å². The van der Waals surface area contributed by atoms with Gasteiger partial charge in [-0.25, -0.2) is 0 Å². The number of carbonyl (C=O) groups is 2. The van der Waals surface area contributed by atoms with E-state index < -0.39 is 43.0 Å². The van der Waals surface area contributed by atoms with Gasteiger partial charge in [-0.1, -0.05) is 0 Å². The fourth-order valence-electron chi connectivity index (χ4n) is 1.13. The van der Waals surface area contributed by atoms with Gasteiger partial charge in [0.15, 0.2) is 0 Å². The van der Waals surface area contributed by atoms with E-state index in [0.29, 0.717) is 0 Å². The third kappa shape index (κ3) is 8.32. The van der Waals surface area contributed by atoms with E-state index in [4.69, 9.17) is 5.11 Å². The number of carboxylic acids is 1. The van der Waals surface area contributed by atoms with Crippen LogP contribution in [-0.2, 0) is 14.3 Å². The zero-order chi connectivity index (χ0) is 15.2. The van der Waals surface area contributed by atoms with Crippen molar-refractivity contribution in [1.82, 2.24) is 4.90 Å². The molecule has 0 aliphatic rings. The van der Waals surface area contributed by atoms with Gasteiger partial charge in [0, 0.05) is 0 Å².